The van der Waals surface area contributed by atoms with Crippen molar-refractivity contribution in [3.63, 3.8) is 0 Å². The molecule has 9 heteroatoms. The fourth-order valence-electron chi connectivity index (χ4n) is 5.77. The first-order valence-corrected chi connectivity index (χ1v) is 19.2. The molecule has 48 heavy (non-hydrogen) atoms. The minimum atomic E-state index is -1.56. The Morgan fingerprint density at radius 3 is 1.83 bits per heavy atom. The van der Waals surface area contributed by atoms with Gasteiger partial charge in [-0.15, -0.1) is 0 Å². The van der Waals surface area contributed by atoms with E-state index in [9.17, 15) is 30.3 Å². The molecule has 280 valence electrons. The van der Waals surface area contributed by atoms with Crippen molar-refractivity contribution in [2.24, 2.45) is 0 Å². The zero-order valence-corrected chi connectivity index (χ0v) is 30.2. The van der Waals surface area contributed by atoms with Crippen molar-refractivity contribution in [2.75, 3.05) is 13.2 Å². The predicted molar refractivity (Wildman–Crippen MR) is 193 cm³/mol. The summed E-state index contributed by atoms with van der Waals surface area (Å²) >= 11 is 0. The van der Waals surface area contributed by atoms with Crippen LogP contribution in [0.1, 0.15) is 149 Å². The third-order valence-electron chi connectivity index (χ3n) is 8.96. The molecule has 7 unspecified atom stereocenters. The number of unbranched alkanes of at least 4 members (excludes halogenated alkanes) is 16. The summed E-state index contributed by atoms with van der Waals surface area (Å²) in [5.41, 5.74) is 0. The van der Waals surface area contributed by atoms with Gasteiger partial charge >= 0.3 is 0 Å². The molecular weight excluding hydrogens is 610 g/mol. The molecular formula is C39H71NO8. The molecule has 0 bridgehead atoms. The Kier molecular flexibility index (Phi) is 28.0. The molecule has 0 aromatic carbocycles. The lowest BCUT2D eigenvalue weighted by Gasteiger charge is -2.40. The van der Waals surface area contributed by atoms with Gasteiger partial charge in [-0.1, -0.05) is 127 Å². The summed E-state index contributed by atoms with van der Waals surface area (Å²) in [5.74, 6) is -0.190. The lowest BCUT2D eigenvalue weighted by molar-refractivity contribution is -0.302. The molecule has 1 aliphatic rings. The summed E-state index contributed by atoms with van der Waals surface area (Å²) in [5, 5.41) is 53.6. The smallest absolute Gasteiger partial charge is 0.220 e. The van der Waals surface area contributed by atoms with Gasteiger partial charge in [0.25, 0.3) is 0 Å². The first-order valence-electron chi connectivity index (χ1n) is 19.2. The first kappa shape index (κ1) is 44.4. The molecule has 0 saturated carbocycles. The highest BCUT2D eigenvalue weighted by molar-refractivity contribution is 5.76. The van der Waals surface area contributed by atoms with Crippen LogP contribution >= 0.6 is 0 Å². The minimum Gasteiger partial charge on any atom is -0.394 e. The average molecular weight is 682 g/mol. The first-order chi connectivity index (χ1) is 23.3. The van der Waals surface area contributed by atoms with E-state index in [-0.39, 0.29) is 12.5 Å². The number of hydrogen-bond acceptors (Lipinski definition) is 8. The van der Waals surface area contributed by atoms with E-state index in [0.717, 1.165) is 57.8 Å². The summed E-state index contributed by atoms with van der Waals surface area (Å²) in [7, 11) is 0. The van der Waals surface area contributed by atoms with Gasteiger partial charge < -0.3 is 40.3 Å². The molecule has 0 aliphatic carbocycles. The van der Waals surface area contributed by atoms with Crippen LogP contribution in [0.2, 0.25) is 0 Å². The van der Waals surface area contributed by atoms with Crippen molar-refractivity contribution in [1.82, 2.24) is 5.32 Å². The van der Waals surface area contributed by atoms with Crippen LogP contribution in [0.15, 0.2) is 36.5 Å². The summed E-state index contributed by atoms with van der Waals surface area (Å²) in [6, 6.07) is -0.801. The second-order valence-corrected chi connectivity index (χ2v) is 13.4. The van der Waals surface area contributed by atoms with E-state index in [1.54, 1.807) is 6.08 Å². The summed E-state index contributed by atoms with van der Waals surface area (Å²) in [4.78, 5) is 12.8. The number of hydrogen-bond donors (Lipinski definition) is 6. The van der Waals surface area contributed by atoms with Crippen molar-refractivity contribution in [3.05, 3.63) is 36.5 Å². The molecule has 0 radical (unpaired) electrons. The fourth-order valence-corrected chi connectivity index (χ4v) is 5.77. The van der Waals surface area contributed by atoms with E-state index in [2.05, 4.69) is 43.5 Å². The van der Waals surface area contributed by atoms with Gasteiger partial charge in [-0.05, 0) is 51.4 Å². The van der Waals surface area contributed by atoms with Gasteiger partial charge in [-0.2, -0.15) is 0 Å². The molecule has 1 fully saturated rings. The zero-order chi connectivity index (χ0) is 35.2. The Balaban J connectivity index is 2.31. The van der Waals surface area contributed by atoms with Gasteiger partial charge in [0, 0.05) is 6.42 Å². The van der Waals surface area contributed by atoms with E-state index in [0.29, 0.717) is 6.42 Å². The molecule has 0 spiro atoms. The highest BCUT2D eigenvalue weighted by Gasteiger charge is 2.44. The van der Waals surface area contributed by atoms with Gasteiger partial charge in [0.05, 0.1) is 25.4 Å². The topological polar surface area (TPSA) is 149 Å². The van der Waals surface area contributed by atoms with Crippen molar-refractivity contribution in [1.29, 1.82) is 0 Å². The van der Waals surface area contributed by atoms with E-state index in [1.165, 1.54) is 70.6 Å². The van der Waals surface area contributed by atoms with E-state index >= 15 is 0 Å². The van der Waals surface area contributed by atoms with Crippen LogP contribution in [0.5, 0.6) is 0 Å². The molecule has 0 aromatic heterocycles. The minimum absolute atomic E-state index is 0.190. The van der Waals surface area contributed by atoms with Crippen LogP contribution in [-0.2, 0) is 14.3 Å². The molecule has 9 nitrogen and oxygen atoms in total. The van der Waals surface area contributed by atoms with Crippen LogP contribution in [0, 0.1) is 0 Å². The largest absolute Gasteiger partial charge is 0.394 e. The standard InChI is InChI=1S/C39H71NO8/c1-3-5-7-9-11-12-13-14-15-16-17-18-19-20-21-22-23-25-27-29-35(43)40-32(33(42)28-26-24-10-8-6-4-2)31-47-39-38(46)37(45)36(44)34(30-41)48-39/h11-12,14-15,26,28,32-34,36-39,41-42,44-46H,3-10,13,16-25,27,29-31H2,1-2H3,(H,40,43)/b12-11-,15-14-,28-26+. The van der Waals surface area contributed by atoms with Crippen molar-refractivity contribution in [2.45, 2.75) is 192 Å². The van der Waals surface area contributed by atoms with Gasteiger partial charge in [-0.25, -0.2) is 0 Å². The Hall–Kier alpha value is -1.59. The van der Waals surface area contributed by atoms with Crippen molar-refractivity contribution >= 4 is 5.91 Å². The zero-order valence-electron chi connectivity index (χ0n) is 30.2. The summed E-state index contributed by atoms with van der Waals surface area (Å²) in [6.07, 6.45) is 27.9. The number of aliphatic hydroxyl groups excluding tert-OH is 5. The molecule has 6 N–H and O–H groups in total. The van der Waals surface area contributed by atoms with Crippen molar-refractivity contribution in [3.8, 4) is 0 Å². The Bertz CT molecular complexity index is 848. The van der Waals surface area contributed by atoms with Crippen LogP contribution in [0.3, 0.4) is 0 Å². The quantitative estimate of drug-likeness (QED) is 0.0370. The highest BCUT2D eigenvalue weighted by Crippen LogP contribution is 2.22. The molecule has 0 aromatic rings. The second-order valence-electron chi connectivity index (χ2n) is 13.4. The number of allylic oxidation sites excluding steroid dienone is 5. The van der Waals surface area contributed by atoms with Crippen molar-refractivity contribution < 1.29 is 39.8 Å². The highest BCUT2D eigenvalue weighted by atomic mass is 16.7. The number of aliphatic hydroxyl groups is 5. The molecule has 1 aliphatic heterocycles. The summed E-state index contributed by atoms with van der Waals surface area (Å²) in [6.45, 7) is 3.63. The average Bonchev–Trinajstić information content (AvgIpc) is 3.08. The third-order valence-corrected chi connectivity index (χ3v) is 8.96. The van der Waals surface area contributed by atoms with Crippen LogP contribution < -0.4 is 5.32 Å². The Morgan fingerprint density at radius 1 is 0.708 bits per heavy atom. The van der Waals surface area contributed by atoms with Crippen LogP contribution in [0.4, 0.5) is 0 Å². The number of carbonyl (C=O) groups is 1. The maximum absolute atomic E-state index is 12.8. The fraction of sp³-hybridized carbons (Fsp3) is 0.821. The molecule has 1 rings (SSSR count). The SMILES string of the molecule is CCCCC/C=C\C/C=C\CCCCCCCCCCCC(=O)NC(COC1OC(CO)C(O)C(O)C1O)C(O)/C=C/CCCCCC. The summed E-state index contributed by atoms with van der Waals surface area (Å²) < 4.78 is 11.1. The predicted octanol–water partition coefficient (Wildman–Crippen LogP) is 6.55. The maximum atomic E-state index is 12.8. The number of nitrogens with one attached hydrogen (secondary N) is 1. The van der Waals surface area contributed by atoms with Gasteiger partial charge in [0.15, 0.2) is 6.29 Å². The van der Waals surface area contributed by atoms with Crippen LogP contribution in [0.25, 0.3) is 0 Å². The van der Waals surface area contributed by atoms with E-state index < -0.39 is 49.5 Å². The normalized spacial score (nSPS) is 23.0. The lowest BCUT2D eigenvalue weighted by atomic mass is 9.99. The van der Waals surface area contributed by atoms with Crippen LogP contribution in [-0.4, -0.2) is 87.5 Å². The molecule has 7 atom stereocenters. The maximum Gasteiger partial charge on any atom is 0.220 e. The Labute approximate surface area is 291 Å². The van der Waals surface area contributed by atoms with E-state index in [1.807, 2.05) is 6.08 Å². The number of ether oxygens (including phenoxy) is 2. The van der Waals surface area contributed by atoms with E-state index in [4.69, 9.17) is 9.47 Å². The van der Waals surface area contributed by atoms with Gasteiger partial charge in [0.2, 0.25) is 5.91 Å². The third kappa shape index (κ3) is 21.5. The number of carbonyl (C=O) groups excluding carboxylic acids is 1. The Morgan fingerprint density at radius 2 is 1.23 bits per heavy atom. The lowest BCUT2D eigenvalue weighted by Crippen LogP contribution is -2.60. The monoisotopic (exact) mass is 682 g/mol. The second kappa shape index (κ2) is 30.3. The molecule has 1 amide bonds. The molecule has 1 saturated heterocycles. The van der Waals surface area contributed by atoms with Gasteiger partial charge in [-0.3, -0.25) is 4.79 Å². The number of amides is 1. The van der Waals surface area contributed by atoms with Gasteiger partial charge in [0.1, 0.15) is 24.4 Å². The molecule has 1 heterocycles. The number of rotatable bonds is 30.